The van der Waals surface area contributed by atoms with Crippen molar-refractivity contribution in [2.75, 3.05) is 19.1 Å². The number of ether oxygens (including phenoxy) is 2. The van der Waals surface area contributed by atoms with Crippen molar-refractivity contribution >= 4 is 23.1 Å². The summed E-state index contributed by atoms with van der Waals surface area (Å²) in [4.78, 5) is 39.6. The topological polar surface area (TPSA) is 119 Å². The van der Waals surface area contributed by atoms with Gasteiger partial charge in [0.2, 0.25) is 5.91 Å². The molecule has 2 aliphatic rings. The highest BCUT2D eigenvalue weighted by Crippen LogP contribution is 2.50. The van der Waals surface area contributed by atoms with Crippen molar-refractivity contribution in [1.29, 1.82) is 0 Å². The third-order valence-electron chi connectivity index (χ3n) is 6.37. The Morgan fingerprint density at radius 2 is 1.82 bits per heavy atom. The van der Waals surface area contributed by atoms with Crippen LogP contribution in [0.2, 0.25) is 0 Å². The molecule has 1 unspecified atom stereocenters. The first-order chi connectivity index (χ1) is 16.1. The zero-order valence-electron chi connectivity index (χ0n) is 19.5. The SMILES string of the molecule is COc1ccc(N2C(=O)CC(c3ccc(O)c(OC)c3)C3=C2CC(C)(C)CC3=O)c([N+](=O)[O-])c1. The Labute approximate surface area is 196 Å². The van der Waals surface area contributed by atoms with Gasteiger partial charge in [-0.25, -0.2) is 0 Å². The van der Waals surface area contributed by atoms with Crippen molar-refractivity contribution < 1.29 is 29.1 Å². The van der Waals surface area contributed by atoms with E-state index >= 15 is 0 Å². The molecule has 34 heavy (non-hydrogen) atoms. The van der Waals surface area contributed by atoms with E-state index < -0.39 is 16.3 Å². The summed E-state index contributed by atoms with van der Waals surface area (Å²) in [6.07, 6.45) is 0.640. The van der Waals surface area contributed by atoms with E-state index in [1.165, 1.54) is 37.3 Å². The van der Waals surface area contributed by atoms with E-state index in [0.29, 0.717) is 35.4 Å². The zero-order valence-corrected chi connectivity index (χ0v) is 19.5. The van der Waals surface area contributed by atoms with Crippen LogP contribution in [0, 0.1) is 15.5 Å². The molecule has 1 heterocycles. The van der Waals surface area contributed by atoms with Crippen LogP contribution in [0.4, 0.5) is 11.4 Å². The van der Waals surface area contributed by atoms with Crippen LogP contribution in [0.1, 0.15) is 44.6 Å². The van der Waals surface area contributed by atoms with E-state index in [0.717, 1.165) is 0 Å². The molecule has 1 atom stereocenters. The van der Waals surface area contributed by atoms with Crippen molar-refractivity contribution in [2.24, 2.45) is 5.41 Å². The quantitative estimate of drug-likeness (QED) is 0.510. The fourth-order valence-corrected chi connectivity index (χ4v) is 4.86. The predicted octanol–water partition coefficient (Wildman–Crippen LogP) is 4.48. The molecule has 0 radical (unpaired) electrons. The standard InChI is InChI=1S/C25H26N2O7/c1-25(2)12-19-24(21(29)13-25)16(14-5-8-20(28)22(9-14)34-4)11-23(30)26(19)17-7-6-15(33-3)10-18(17)27(31)32/h5-10,16,28H,11-13H2,1-4H3. The van der Waals surface area contributed by atoms with Crippen molar-refractivity contribution in [2.45, 2.75) is 39.0 Å². The van der Waals surface area contributed by atoms with Gasteiger partial charge in [0.1, 0.15) is 11.4 Å². The number of carbonyl (C=O) groups is 2. The van der Waals surface area contributed by atoms with Gasteiger partial charge in [0.05, 0.1) is 25.2 Å². The molecular formula is C25H26N2O7. The second-order valence-corrected chi connectivity index (χ2v) is 9.33. The minimum atomic E-state index is -0.557. The molecule has 178 valence electrons. The van der Waals surface area contributed by atoms with Crippen molar-refractivity contribution in [3.8, 4) is 17.2 Å². The van der Waals surface area contributed by atoms with Gasteiger partial charge in [0.25, 0.3) is 5.69 Å². The van der Waals surface area contributed by atoms with E-state index in [9.17, 15) is 24.8 Å². The average molecular weight is 466 g/mol. The lowest BCUT2D eigenvalue weighted by atomic mass is 9.69. The third kappa shape index (κ3) is 3.98. The molecule has 9 heteroatoms. The molecule has 1 aliphatic carbocycles. The number of benzene rings is 2. The Morgan fingerprint density at radius 1 is 1.09 bits per heavy atom. The van der Waals surface area contributed by atoms with Crippen LogP contribution in [0.15, 0.2) is 47.7 Å². The maximum absolute atomic E-state index is 13.5. The fraction of sp³-hybridized carbons (Fsp3) is 0.360. The highest BCUT2D eigenvalue weighted by molar-refractivity contribution is 6.08. The van der Waals surface area contributed by atoms with Crippen molar-refractivity contribution in [3.63, 3.8) is 0 Å². The van der Waals surface area contributed by atoms with Crippen LogP contribution in [-0.2, 0) is 9.59 Å². The molecule has 1 aliphatic heterocycles. The molecule has 1 N–H and O–H groups in total. The molecule has 2 aromatic carbocycles. The number of nitro benzene ring substituents is 1. The monoisotopic (exact) mass is 466 g/mol. The summed E-state index contributed by atoms with van der Waals surface area (Å²) < 4.78 is 10.4. The Bertz CT molecular complexity index is 1230. The molecule has 0 saturated carbocycles. The summed E-state index contributed by atoms with van der Waals surface area (Å²) in [6, 6.07) is 9.07. The number of rotatable bonds is 5. The molecule has 0 saturated heterocycles. The van der Waals surface area contributed by atoms with Crippen LogP contribution in [0.25, 0.3) is 0 Å². The Hall–Kier alpha value is -3.88. The molecule has 4 rings (SSSR count). The smallest absolute Gasteiger partial charge is 0.297 e. The number of nitrogens with zero attached hydrogens (tertiary/aromatic N) is 2. The zero-order chi connectivity index (χ0) is 24.8. The van der Waals surface area contributed by atoms with Gasteiger partial charge in [0.15, 0.2) is 17.3 Å². The van der Waals surface area contributed by atoms with Crippen LogP contribution in [0.5, 0.6) is 17.2 Å². The first kappa shape index (κ1) is 23.3. The van der Waals surface area contributed by atoms with E-state index in [-0.39, 0.29) is 41.0 Å². The Kier molecular flexibility index (Phi) is 5.80. The van der Waals surface area contributed by atoms with Gasteiger partial charge in [-0.05, 0) is 41.7 Å². The van der Waals surface area contributed by atoms with Gasteiger partial charge in [-0.2, -0.15) is 0 Å². The normalized spacial score (nSPS) is 19.6. The number of nitro groups is 1. The molecule has 2 aromatic rings. The van der Waals surface area contributed by atoms with Gasteiger partial charge >= 0.3 is 0 Å². The van der Waals surface area contributed by atoms with Gasteiger partial charge in [-0.3, -0.25) is 24.6 Å². The minimum Gasteiger partial charge on any atom is -0.504 e. The third-order valence-corrected chi connectivity index (χ3v) is 6.37. The maximum atomic E-state index is 13.5. The lowest BCUT2D eigenvalue weighted by Gasteiger charge is -2.42. The fourth-order valence-electron chi connectivity index (χ4n) is 4.86. The van der Waals surface area contributed by atoms with E-state index in [4.69, 9.17) is 9.47 Å². The number of carbonyl (C=O) groups excluding carboxylic acids is 2. The molecule has 0 spiro atoms. The second-order valence-electron chi connectivity index (χ2n) is 9.33. The number of Topliss-reactive ketones (excluding diaryl/α,β-unsaturated/α-hetero) is 1. The van der Waals surface area contributed by atoms with Crippen molar-refractivity contribution in [3.05, 3.63) is 63.3 Å². The number of amides is 1. The largest absolute Gasteiger partial charge is 0.504 e. The summed E-state index contributed by atoms with van der Waals surface area (Å²) in [7, 11) is 2.83. The number of methoxy groups -OCH3 is 2. The van der Waals surface area contributed by atoms with E-state index in [1.54, 1.807) is 18.2 Å². The highest BCUT2D eigenvalue weighted by atomic mass is 16.6. The average Bonchev–Trinajstić information content (AvgIpc) is 2.77. The highest BCUT2D eigenvalue weighted by Gasteiger charge is 2.45. The Balaban J connectivity index is 1.94. The molecule has 0 fully saturated rings. The number of hydrogen-bond donors (Lipinski definition) is 1. The number of phenolic OH excluding ortho intramolecular Hbond substituents is 1. The number of hydrogen-bond acceptors (Lipinski definition) is 7. The minimum absolute atomic E-state index is 0.0471. The second kappa shape index (κ2) is 8.48. The maximum Gasteiger partial charge on any atom is 0.297 e. The summed E-state index contributed by atoms with van der Waals surface area (Å²) in [5.41, 5.74) is 1.01. The van der Waals surface area contributed by atoms with Gasteiger partial charge in [-0.15, -0.1) is 0 Å². The number of aromatic hydroxyl groups is 1. The van der Waals surface area contributed by atoms with Crippen LogP contribution in [-0.4, -0.2) is 35.9 Å². The molecule has 0 aromatic heterocycles. The van der Waals surface area contributed by atoms with Gasteiger partial charge in [0, 0.05) is 30.0 Å². The molecule has 0 bridgehead atoms. The summed E-state index contributed by atoms with van der Waals surface area (Å²) >= 11 is 0. The first-order valence-electron chi connectivity index (χ1n) is 10.8. The summed E-state index contributed by atoms with van der Waals surface area (Å²) in [6.45, 7) is 3.87. The van der Waals surface area contributed by atoms with Gasteiger partial charge < -0.3 is 14.6 Å². The van der Waals surface area contributed by atoms with Crippen molar-refractivity contribution in [1.82, 2.24) is 0 Å². The number of phenols is 1. The van der Waals surface area contributed by atoms with Crippen LogP contribution in [0.3, 0.4) is 0 Å². The lowest BCUT2D eigenvalue weighted by Crippen LogP contribution is -2.44. The van der Waals surface area contributed by atoms with Crippen LogP contribution >= 0.6 is 0 Å². The van der Waals surface area contributed by atoms with Crippen LogP contribution < -0.4 is 14.4 Å². The number of anilines is 1. The first-order valence-corrected chi connectivity index (χ1v) is 10.8. The molecular weight excluding hydrogens is 440 g/mol. The van der Waals surface area contributed by atoms with Gasteiger partial charge in [-0.1, -0.05) is 19.9 Å². The number of allylic oxidation sites excluding steroid dienone is 2. The molecule has 1 amide bonds. The van der Waals surface area contributed by atoms with E-state index in [2.05, 4.69) is 0 Å². The molecule has 9 nitrogen and oxygen atoms in total. The van der Waals surface area contributed by atoms with E-state index in [1.807, 2.05) is 13.8 Å². The number of ketones is 1. The summed E-state index contributed by atoms with van der Waals surface area (Å²) in [5.74, 6) is -0.512. The Morgan fingerprint density at radius 3 is 2.47 bits per heavy atom. The predicted molar refractivity (Wildman–Crippen MR) is 124 cm³/mol. The lowest BCUT2D eigenvalue weighted by molar-refractivity contribution is -0.384. The summed E-state index contributed by atoms with van der Waals surface area (Å²) in [5, 5.41) is 21.9.